The van der Waals surface area contributed by atoms with Crippen LogP contribution in [-0.4, -0.2) is 40.3 Å². The molecule has 1 saturated heterocycles. The number of carbonyl (C=O) groups is 3. The molecule has 1 spiro atoms. The highest BCUT2D eigenvalue weighted by molar-refractivity contribution is 7.99. The fourth-order valence-corrected chi connectivity index (χ4v) is 5.05. The fraction of sp³-hybridized carbons (Fsp3) is 0.800. The molecule has 2 aliphatic carbocycles. The predicted molar refractivity (Wildman–Crippen MR) is 80.8 cm³/mol. The van der Waals surface area contributed by atoms with Crippen LogP contribution in [0.15, 0.2) is 0 Å². The normalized spacial score (nSPS) is 32.6. The van der Waals surface area contributed by atoms with Crippen molar-refractivity contribution in [3.8, 4) is 0 Å². The molecule has 2 unspecified atom stereocenters. The number of rotatable bonds is 2. The smallest absolute Gasteiger partial charge is 0.277 e. The largest absolute Gasteiger partial charge is 0.331 e. The molecule has 0 aromatic carbocycles. The third-order valence-corrected chi connectivity index (χ3v) is 6.42. The SMILES string of the molecule is CSC1CCCC1N1C(=O)NC(=O)C2(CCCCC2)C1=O. The fourth-order valence-electron chi connectivity index (χ4n) is 4.07. The molecule has 5 nitrogen and oxygen atoms in total. The summed E-state index contributed by atoms with van der Waals surface area (Å²) >= 11 is 1.72. The molecular weight excluding hydrogens is 288 g/mol. The predicted octanol–water partition coefficient (Wildman–Crippen LogP) is 2.30. The summed E-state index contributed by atoms with van der Waals surface area (Å²) < 4.78 is 0. The Morgan fingerprint density at radius 1 is 1.10 bits per heavy atom. The average Bonchev–Trinajstić information content (AvgIpc) is 2.95. The Bertz CT molecular complexity index is 474. The van der Waals surface area contributed by atoms with Crippen LogP contribution in [0.5, 0.6) is 0 Å². The lowest BCUT2D eigenvalue weighted by Gasteiger charge is -2.44. The summed E-state index contributed by atoms with van der Waals surface area (Å²) in [4.78, 5) is 39.0. The van der Waals surface area contributed by atoms with Crippen LogP contribution in [0.2, 0.25) is 0 Å². The van der Waals surface area contributed by atoms with E-state index in [9.17, 15) is 14.4 Å². The van der Waals surface area contributed by atoms with E-state index in [1.807, 2.05) is 6.26 Å². The Morgan fingerprint density at radius 2 is 1.81 bits per heavy atom. The second-order valence-electron chi connectivity index (χ2n) is 6.35. The number of amides is 4. The van der Waals surface area contributed by atoms with Gasteiger partial charge in [-0.1, -0.05) is 25.7 Å². The molecule has 1 N–H and O–H groups in total. The van der Waals surface area contributed by atoms with Gasteiger partial charge in [-0.3, -0.25) is 19.8 Å². The number of hydrogen-bond acceptors (Lipinski definition) is 4. The molecule has 116 valence electrons. The Kier molecular flexibility index (Phi) is 3.99. The third kappa shape index (κ3) is 2.28. The van der Waals surface area contributed by atoms with E-state index in [2.05, 4.69) is 5.32 Å². The van der Waals surface area contributed by atoms with Crippen molar-refractivity contribution < 1.29 is 14.4 Å². The summed E-state index contributed by atoms with van der Waals surface area (Å²) in [5.41, 5.74) is -0.974. The first-order valence-electron chi connectivity index (χ1n) is 7.82. The molecule has 0 aromatic heterocycles. The average molecular weight is 310 g/mol. The summed E-state index contributed by atoms with van der Waals surface area (Å²) in [6, 6.07) is -0.563. The van der Waals surface area contributed by atoms with Gasteiger partial charge in [-0.15, -0.1) is 0 Å². The standard InChI is InChI=1S/C15H22N2O3S/c1-21-11-7-5-6-10(11)17-13(19)15(8-3-2-4-9-15)12(18)16-14(17)20/h10-11H,2-9H2,1H3,(H,16,18,20). The molecule has 1 heterocycles. The minimum absolute atomic E-state index is 0.0561. The van der Waals surface area contributed by atoms with Crippen molar-refractivity contribution in [1.82, 2.24) is 10.2 Å². The van der Waals surface area contributed by atoms with Gasteiger partial charge in [-0.25, -0.2) is 4.79 Å². The summed E-state index contributed by atoms with van der Waals surface area (Å²) in [5.74, 6) is -0.603. The Hall–Kier alpha value is -1.04. The number of carbonyl (C=O) groups excluding carboxylic acids is 3. The lowest BCUT2D eigenvalue weighted by Crippen LogP contribution is -2.67. The van der Waals surface area contributed by atoms with Crippen molar-refractivity contribution in [3.05, 3.63) is 0 Å². The van der Waals surface area contributed by atoms with E-state index in [1.165, 1.54) is 4.90 Å². The topological polar surface area (TPSA) is 66.5 Å². The van der Waals surface area contributed by atoms with Crippen LogP contribution in [0.25, 0.3) is 0 Å². The van der Waals surface area contributed by atoms with E-state index in [0.717, 1.165) is 38.5 Å². The van der Waals surface area contributed by atoms with E-state index in [-0.39, 0.29) is 17.9 Å². The summed E-state index contributed by atoms with van der Waals surface area (Å²) in [6.07, 6.45) is 8.95. The maximum Gasteiger partial charge on any atom is 0.331 e. The molecule has 3 aliphatic rings. The van der Waals surface area contributed by atoms with Crippen molar-refractivity contribution in [2.75, 3.05) is 6.26 Å². The zero-order chi connectivity index (χ0) is 15.0. The molecular formula is C15H22N2O3S. The molecule has 4 amide bonds. The zero-order valence-electron chi connectivity index (χ0n) is 12.4. The maximum absolute atomic E-state index is 13.0. The molecule has 0 bridgehead atoms. The molecule has 0 aromatic rings. The van der Waals surface area contributed by atoms with Crippen LogP contribution < -0.4 is 5.32 Å². The zero-order valence-corrected chi connectivity index (χ0v) is 13.2. The van der Waals surface area contributed by atoms with Crippen LogP contribution in [0.3, 0.4) is 0 Å². The molecule has 6 heteroatoms. The number of urea groups is 1. The van der Waals surface area contributed by atoms with Gasteiger partial charge in [0.15, 0.2) is 0 Å². The van der Waals surface area contributed by atoms with Gasteiger partial charge in [-0.05, 0) is 31.9 Å². The van der Waals surface area contributed by atoms with Crippen LogP contribution in [0, 0.1) is 5.41 Å². The number of thioether (sulfide) groups is 1. The monoisotopic (exact) mass is 310 g/mol. The van der Waals surface area contributed by atoms with Gasteiger partial charge in [0, 0.05) is 5.25 Å². The lowest BCUT2D eigenvalue weighted by atomic mass is 9.71. The van der Waals surface area contributed by atoms with Crippen LogP contribution in [0.4, 0.5) is 4.79 Å². The molecule has 2 saturated carbocycles. The van der Waals surface area contributed by atoms with E-state index in [1.54, 1.807) is 11.8 Å². The molecule has 2 atom stereocenters. The summed E-state index contributed by atoms with van der Waals surface area (Å²) in [6.45, 7) is 0. The first-order valence-corrected chi connectivity index (χ1v) is 9.11. The Balaban J connectivity index is 1.91. The van der Waals surface area contributed by atoms with E-state index >= 15 is 0 Å². The van der Waals surface area contributed by atoms with Crippen LogP contribution in [0.1, 0.15) is 51.4 Å². The number of barbiturate groups is 1. The Morgan fingerprint density at radius 3 is 2.48 bits per heavy atom. The highest BCUT2D eigenvalue weighted by Gasteiger charge is 2.56. The van der Waals surface area contributed by atoms with Gasteiger partial charge in [0.05, 0.1) is 6.04 Å². The number of nitrogens with one attached hydrogen (secondary N) is 1. The van der Waals surface area contributed by atoms with E-state index in [4.69, 9.17) is 0 Å². The van der Waals surface area contributed by atoms with Crippen LogP contribution >= 0.6 is 11.8 Å². The van der Waals surface area contributed by atoms with E-state index in [0.29, 0.717) is 18.1 Å². The molecule has 1 aliphatic heterocycles. The lowest BCUT2D eigenvalue weighted by molar-refractivity contribution is -0.155. The van der Waals surface area contributed by atoms with Crippen molar-refractivity contribution >= 4 is 29.6 Å². The number of imide groups is 2. The Labute approximate surface area is 129 Å². The van der Waals surface area contributed by atoms with Crippen molar-refractivity contribution in [1.29, 1.82) is 0 Å². The van der Waals surface area contributed by atoms with Gasteiger partial charge in [0.1, 0.15) is 5.41 Å². The highest BCUT2D eigenvalue weighted by Crippen LogP contribution is 2.43. The van der Waals surface area contributed by atoms with Gasteiger partial charge in [0.25, 0.3) is 0 Å². The first kappa shape index (κ1) is 14.9. The summed E-state index contributed by atoms with van der Waals surface area (Å²) in [5, 5.41) is 2.76. The van der Waals surface area contributed by atoms with Crippen LogP contribution in [-0.2, 0) is 9.59 Å². The summed E-state index contributed by atoms with van der Waals surface area (Å²) in [7, 11) is 0. The highest BCUT2D eigenvalue weighted by atomic mass is 32.2. The van der Waals surface area contributed by atoms with Crippen molar-refractivity contribution in [2.45, 2.75) is 62.7 Å². The number of hydrogen-bond donors (Lipinski definition) is 1. The quantitative estimate of drug-likeness (QED) is 0.795. The van der Waals surface area contributed by atoms with Gasteiger partial charge in [0.2, 0.25) is 11.8 Å². The second kappa shape index (κ2) is 5.63. The second-order valence-corrected chi connectivity index (χ2v) is 7.43. The molecule has 0 radical (unpaired) electrons. The molecule has 21 heavy (non-hydrogen) atoms. The van der Waals surface area contributed by atoms with Crippen molar-refractivity contribution in [3.63, 3.8) is 0 Å². The van der Waals surface area contributed by atoms with E-state index < -0.39 is 11.4 Å². The molecule has 3 fully saturated rings. The maximum atomic E-state index is 13.0. The first-order chi connectivity index (χ1) is 10.1. The van der Waals surface area contributed by atoms with Gasteiger partial charge >= 0.3 is 6.03 Å². The molecule has 3 rings (SSSR count). The third-order valence-electron chi connectivity index (χ3n) is 5.26. The van der Waals surface area contributed by atoms with Gasteiger partial charge in [-0.2, -0.15) is 11.8 Å². The van der Waals surface area contributed by atoms with Crippen molar-refractivity contribution in [2.24, 2.45) is 5.41 Å². The number of nitrogens with zero attached hydrogens (tertiary/aromatic N) is 1. The minimum Gasteiger partial charge on any atom is -0.277 e. The minimum atomic E-state index is -0.974. The van der Waals surface area contributed by atoms with Gasteiger partial charge < -0.3 is 0 Å².